The van der Waals surface area contributed by atoms with Gasteiger partial charge in [-0.1, -0.05) is 5.92 Å². The van der Waals surface area contributed by atoms with Gasteiger partial charge in [-0.05, 0) is 4.83 Å². The lowest BCUT2D eigenvalue weighted by atomic mass is 10.0. The largest absolute Gasteiger partial charge is 0.440 e. The van der Waals surface area contributed by atoms with Crippen LogP contribution in [0, 0.1) is 16.7 Å². The van der Waals surface area contributed by atoms with Crippen molar-refractivity contribution < 1.29 is 14.3 Å². The smallest absolute Gasteiger partial charge is 0.405 e. The second-order valence-electron chi connectivity index (χ2n) is 2.84. The fourth-order valence-corrected chi connectivity index (χ4v) is 1.40. The van der Waals surface area contributed by atoms with Crippen LogP contribution in [0.1, 0.15) is 0 Å². The molecule has 0 aromatic rings. The number of rotatable bonds is 2. The topological polar surface area (TPSA) is 72.6 Å². The highest BCUT2D eigenvalue weighted by atomic mass is 79.9. The van der Waals surface area contributed by atoms with E-state index in [9.17, 15) is 9.59 Å². The summed E-state index contributed by atoms with van der Waals surface area (Å²) in [6.07, 6.45) is -0.935. The lowest BCUT2D eigenvalue weighted by molar-refractivity contribution is -0.139. The van der Waals surface area contributed by atoms with Crippen LogP contribution >= 0.6 is 15.9 Å². The van der Waals surface area contributed by atoms with Gasteiger partial charge >= 0.3 is 6.09 Å². The number of ether oxygens (including phenoxy) is 1. The van der Waals surface area contributed by atoms with Crippen molar-refractivity contribution in [3.05, 3.63) is 0 Å². The van der Waals surface area contributed by atoms with E-state index in [1.54, 1.807) is 4.90 Å². The average Bonchev–Trinajstić information content (AvgIpc) is 2.06. The van der Waals surface area contributed by atoms with E-state index in [0.29, 0.717) is 13.1 Å². The monoisotopic (exact) mass is 260 g/mol. The van der Waals surface area contributed by atoms with Gasteiger partial charge in [0, 0.05) is 29.0 Å². The zero-order valence-electron chi connectivity index (χ0n) is 7.33. The predicted octanol–water partition coefficient (Wildman–Crippen LogP) is -0.104. The number of nitrogens with two attached hydrogens (primary N) is 1. The van der Waals surface area contributed by atoms with Gasteiger partial charge in [-0.25, -0.2) is 4.79 Å². The number of amides is 2. The Balaban J connectivity index is 2.21. The van der Waals surface area contributed by atoms with E-state index >= 15 is 0 Å². The first-order valence-electron chi connectivity index (χ1n) is 3.94. The highest BCUT2D eigenvalue weighted by molar-refractivity contribution is 9.12. The number of likely N-dealkylation sites (tertiary alicyclic amines) is 1. The van der Waals surface area contributed by atoms with Gasteiger partial charge in [-0.15, -0.1) is 0 Å². The molecule has 2 amide bonds. The highest BCUT2D eigenvalue weighted by Crippen LogP contribution is 2.14. The molecule has 0 saturated carbocycles. The van der Waals surface area contributed by atoms with Crippen LogP contribution in [0.25, 0.3) is 0 Å². The number of halogens is 1. The molecule has 1 aliphatic rings. The van der Waals surface area contributed by atoms with Gasteiger partial charge in [0.05, 0.1) is 5.92 Å². The summed E-state index contributed by atoms with van der Waals surface area (Å²) in [5.41, 5.74) is 4.71. The van der Waals surface area contributed by atoms with Gasteiger partial charge in [0.2, 0.25) is 0 Å². The van der Waals surface area contributed by atoms with E-state index in [1.807, 2.05) is 0 Å². The summed E-state index contributed by atoms with van der Waals surface area (Å²) in [7, 11) is 0. The molecular weight excluding hydrogens is 252 g/mol. The molecule has 1 rings (SSSR count). The fraction of sp³-hybridized carbons (Fsp3) is 0.500. The molecule has 0 aromatic heterocycles. The Kier molecular flexibility index (Phi) is 3.77. The van der Waals surface area contributed by atoms with Gasteiger partial charge < -0.3 is 15.4 Å². The zero-order valence-corrected chi connectivity index (χ0v) is 8.91. The number of carbonyl (C=O) groups excluding carboxylic acids is 2. The van der Waals surface area contributed by atoms with Crippen LogP contribution in [-0.2, 0) is 9.53 Å². The Bertz CT molecular complexity index is 301. The first-order valence-corrected chi connectivity index (χ1v) is 4.74. The number of hydrogen-bond donors (Lipinski definition) is 1. The summed E-state index contributed by atoms with van der Waals surface area (Å²) < 4.78 is 4.36. The van der Waals surface area contributed by atoms with Crippen LogP contribution in [0.15, 0.2) is 0 Å². The first-order chi connectivity index (χ1) is 6.63. The minimum Gasteiger partial charge on any atom is -0.440 e. The number of hydrogen-bond acceptors (Lipinski definition) is 3. The molecule has 6 heteroatoms. The molecule has 0 atom stereocenters. The third-order valence-electron chi connectivity index (χ3n) is 1.83. The molecule has 0 unspecified atom stereocenters. The lowest BCUT2D eigenvalue weighted by Gasteiger charge is -2.35. The molecule has 14 heavy (non-hydrogen) atoms. The zero-order chi connectivity index (χ0) is 10.6. The average molecular weight is 261 g/mol. The quantitative estimate of drug-likeness (QED) is 0.705. The molecule has 1 aliphatic heterocycles. The lowest BCUT2D eigenvalue weighted by Crippen LogP contribution is -2.50. The van der Waals surface area contributed by atoms with Gasteiger partial charge in [-0.3, -0.25) is 4.79 Å². The van der Waals surface area contributed by atoms with Gasteiger partial charge in [0.25, 0.3) is 5.91 Å². The predicted molar refractivity (Wildman–Crippen MR) is 52.3 cm³/mol. The molecule has 76 valence electrons. The van der Waals surface area contributed by atoms with Crippen LogP contribution in [-0.4, -0.2) is 36.6 Å². The maximum atomic E-state index is 11.2. The fourth-order valence-electron chi connectivity index (χ4n) is 1.07. The van der Waals surface area contributed by atoms with E-state index in [0.717, 1.165) is 0 Å². The van der Waals surface area contributed by atoms with Gasteiger partial charge in [-0.2, -0.15) is 0 Å². The van der Waals surface area contributed by atoms with E-state index in [2.05, 4.69) is 31.4 Å². The SMILES string of the molecule is NC(=O)OCC(=O)N1CC(C#CBr)C1. The Morgan fingerprint density at radius 3 is 2.71 bits per heavy atom. The third kappa shape index (κ3) is 2.92. The van der Waals surface area contributed by atoms with E-state index < -0.39 is 6.09 Å². The van der Waals surface area contributed by atoms with Gasteiger partial charge in [0.1, 0.15) is 0 Å². The normalized spacial score (nSPS) is 15.1. The third-order valence-corrected chi connectivity index (χ3v) is 2.06. The highest BCUT2D eigenvalue weighted by Gasteiger charge is 2.29. The van der Waals surface area contributed by atoms with Crippen LogP contribution in [0.3, 0.4) is 0 Å². The van der Waals surface area contributed by atoms with Crippen molar-refractivity contribution in [2.75, 3.05) is 19.7 Å². The first kappa shape index (κ1) is 10.9. The second kappa shape index (κ2) is 4.86. The molecule has 1 fully saturated rings. The molecular formula is C8H9BrN2O3. The molecule has 2 N–H and O–H groups in total. The summed E-state index contributed by atoms with van der Waals surface area (Å²) in [6.45, 7) is 0.878. The molecule has 1 saturated heterocycles. The Hall–Kier alpha value is -1.22. The molecule has 1 heterocycles. The summed E-state index contributed by atoms with van der Waals surface area (Å²) >= 11 is 2.98. The minimum atomic E-state index is -0.935. The van der Waals surface area contributed by atoms with Crippen molar-refractivity contribution in [2.24, 2.45) is 11.7 Å². The van der Waals surface area contributed by atoms with Crippen molar-refractivity contribution in [1.82, 2.24) is 4.90 Å². The minimum absolute atomic E-state index is 0.215. The van der Waals surface area contributed by atoms with Crippen molar-refractivity contribution in [3.63, 3.8) is 0 Å². The summed E-state index contributed by atoms with van der Waals surface area (Å²) in [5, 5.41) is 0. The van der Waals surface area contributed by atoms with Crippen LogP contribution in [0.2, 0.25) is 0 Å². The van der Waals surface area contributed by atoms with Crippen molar-refractivity contribution >= 4 is 27.9 Å². The summed E-state index contributed by atoms with van der Waals surface area (Å²) in [5.74, 6) is 2.85. The molecule has 0 aromatic carbocycles. The molecule has 0 radical (unpaired) electrons. The Labute approximate surface area is 89.7 Å². The maximum absolute atomic E-state index is 11.2. The summed E-state index contributed by atoms with van der Waals surface area (Å²) in [6, 6.07) is 0. The van der Waals surface area contributed by atoms with Crippen LogP contribution < -0.4 is 5.73 Å². The van der Waals surface area contributed by atoms with E-state index in [1.165, 1.54) is 0 Å². The van der Waals surface area contributed by atoms with Crippen molar-refractivity contribution in [2.45, 2.75) is 0 Å². The van der Waals surface area contributed by atoms with E-state index in [4.69, 9.17) is 5.73 Å². The van der Waals surface area contributed by atoms with Crippen molar-refractivity contribution in [3.8, 4) is 10.8 Å². The van der Waals surface area contributed by atoms with Crippen LogP contribution in [0.4, 0.5) is 4.79 Å². The standard InChI is InChI=1S/C8H9BrN2O3/c9-2-1-6-3-11(4-6)7(12)5-14-8(10)13/h6H,3-5H2,(H2,10,13). The molecule has 0 spiro atoms. The Morgan fingerprint density at radius 1 is 1.57 bits per heavy atom. The molecule has 0 bridgehead atoms. The van der Waals surface area contributed by atoms with Crippen LogP contribution in [0.5, 0.6) is 0 Å². The molecule has 0 aliphatic carbocycles. The second-order valence-corrected chi connectivity index (χ2v) is 3.24. The maximum Gasteiger partial charge on any atom is 0.405 e. The summed E-state index contributed by atoms with van der Waals surface area (Å²) in [4.78, 5) is 25.6. The number of nitrogens with zero attached hydrogens (tertiary/aromatic N) is 1. The van der Waals surface area contributed by atoms with E-state index in [-0.39, 0.29) is 18.4 Å². The molecule has 5 nitrogen and oxygen atoms in total. The number of primary amides is 1. The van der Waals surface area contributed by atoms with Crippen molar-refractivity contribution in [1.29, 1.82) is 0 Å². The van der Waals surface area contributed by atoms with Gasteiger partial charge in [0.15, 0.2) is 6.61 Å². The Morgan fingerprint density at radius 2 is 2.21 bits per heavy atom. The number of carbonyl (C=O) groups is 2.